The van der Waals surface area contributed by atoms with Crippen LogP contribution >= 0.6 is 11.8 Å². The first-order chi connectivity index (χ1) is 12.8. The van der Waals surface area contributed by atoms with Gasteiger partial charge in [-0.2, -0.15) is 0 Å². The molecule has 1 N–H and O–H groups in total. The van der Waals surface area contributed by atoms with Gasteiger partial charge in [0.1, 0.15) is 5.82 Å². The second-order valence-corrected chi connectivity index (χ2v) is 7.87. The number of hydrogen-bond donors (Lipinski definition) is 1. The Bertz CT molecular complexity index is 695. The summed E-state index contributed by atoms with van der Waals surface area (Å²) in [6.45, 7) is 2.95. The molecule has 1 fully saturated rings. The number of benzene rings is 1. The molecule has 0 spiro atoms. The van der Waals surface area contributed by atoms with Crippen molar-refractivity contribution in [2.75, 3.05) is 5.75 Å². The lowest BCUT2D eigenvalue weighted by Gasteiger charge is -2.22. The molecule has 6 heteroatoms. The summed E-state index contributed by atoms with van der Waals surface area (Å²) in [6.07, 6.45) is 7.36. The molecule has 26 heavy (non-hydrogen) atoms. The van der Waals surface area contributed by atoms with Gasteiger partial charge in [0.2, 0.25) is 5.91 Å². The van der Waals surface area contributed by atoms with E-state index in [4.69, 9.17) is 0 Å². The molecule has 0 atom stereocenters. The SMILES string of the molecule is CCn1c(Cc2ccccc2)nnc1SCCC(=O)NC1CCCCC1. The minimum absolute atomic E-state index is 0.163. The van der Waals surface area contributed by atoms with E-state index in [9.17, 15) is 4.79 Å². The van der Waals surface area contributed by atoms with Gasteiger partial charge >= 0.3 is 0 Å². The molecule has 1 aliphatic rings. The highest BCUT2D eigenvalue weighted by Gasteiger charge is 2.16. The number of carbonyl (C=O) groups is 1. The highest BCUT2D eigenvalue weighted by Crippen LogP contribution is 2.20. The molecule has 0 aliphatic heterocycles. The van der Waals surface area contributed by atoms with Crippen molar-refractivity contribution in [1.82, 2.24) is 20.1 Å². The highest BCUT2D eigenvalue weighted by atomic mass is 32.2. The van der Waals surface area contributed by atoms with E-state index >= 15 is 0 Å². The molecule has 0 unspecified atom stereocenters. The Morgan fingerprint density at radius 2 is 1.96 bits per heavy atom. The van der Waals surface area contributed by atoms with E-state index in [0.29, 0.717) is 12.5 Å². The fourth-order valence-electron chi connectivity index (χ4n) is 3.43. The van der Waals surface area contributed by atoms with Crippen molar-refractivity contribution >= 4 is 17.7 Å². The zero-order valence-electron chi connectivity index (χ0n) is 15.5. The van der Waals surface area contributed by atoms with E-state index in [0.717, 1.165) is 42.5 Å². The highest BCUT2D eigenvalue weighted by molar-refractivity contribution is 7.99. The first kappa shape index (κ1) is 19.0. The molecule has 1 aromatic carbocycles. The van der Waals surface area contributed by atoms with Crippen LogP contribution in [0, 0.1) is 0 Å². The molecule has 3 rings (SSSR count). The standard InChI is InChI=1S/C20H28N4OS/c1-2-24-18(15-16-9-5-3-6-10-16)22-23-20(24)26-14-13-19(25)21-17-11-7-4-8-12-17/h3,5-6,9-10,17H,2,4,7-8,11-15H2,1H3,(H,21,25). The smallest absolute Gasteiger partial charge is 0.221 e. The van der Waals surface area contributed by atoms with Crippen LogP contribution in [-0.4, -0.2) is 32.5 Å². The molecule has 0 radical (unpaired) electrons. The van der Waals surface area contributed by atoms with Gasteiger partial charge in [-0.25, -0.2) is 0 Å². The molecule has 0 saturated heterocycles. The topological polar surface area (TPSA) is 59.8 Å². The number of nitrogens with zero attached hydrogens (tertiary/aromatic N) is 3. The van der Waals surface area contributed by atoms with Crippen LogP contribution in [0.25, 0.3) is 0 Å². The van der Waals surface area contributed by atoms with E-state index in [1.54, 1.807) is 11.8 Å². The number of carbonyl (C=O) groups excluding carboxylic acids is 1. The number of nitrogens with one attached hydrogen (secondary N) is 1. The number of thioether (sulfide) groups is 1. The summed E-state index contributed by atoms with van der Waals surface area (Å²) in [5, 5.41) is 12.8. The number of amides is 1. The largest absolute Gasteiger partial charge is 0.353 e. The minimum Gasteiger partial charge on any atom is -0.353 e. The molecule has 1 aromatic heterocycles. The summed E-state index contributed by atoms with van der Waals surface area (Å²) in [7, 11) is 0. The third kappa shape index (κ3) is 5.34. The van der Waals surface area contributed by atoms with Crippen LogP contribution in [0.1, 0.15) is 56.8 Å². The van der Waals surface area contributed by atoms with Gasteiger partial charge in [-0.05, 0) is 25.3 Å². The zero-order chi connectivity index (χ0) is 18.2. The molecule has 2 aromatic rings. The Morgan fingerprint density at radius 3 is 2.69 bits per heavy atom. The van der Waals surface area contributed by atoms with Gasteiger partial charge in [-0.15, -0.1) is 10.2 Å². The van der Waals surface area contributed by atoms with Crippen LogP contribution < -0.4 is 5.32 Å². The Kier molecular flexibility index (Phi) is 7.12. The maximum absolute atomic E-state index is 12.1. The van der Waals surface area contributed by atoms with Crippen LogP contribution in [0.3, 0.4) is 0 Å². The van der Waals surface area contributed by atoms with E-state index < -0.39 is 0 Å². The molecular weight excluding hydrogens is 344 g/mol. The second-order valence-electron chi connectivity index (χ2n) is 6.81. The lowest BCUT2D eigenvalue weighted by molar-refractivity contribution is -0.121. The molecule has 5 nitrogen and oxygen atoms in total. The average molecular weight is 373 g/mol. The van der Waals surface area contributed by atoms with Crippen LogP contribution in [0.4, 0.5) is 0 Å². The Labute approximate surface area is 160 Å². The fourth-order valence-corrected chi connectivity index (χ4v) is 4.39. The van der Waals surface area contributed by atoms with Crippen LogP contribution in [0.5, 0.6) is 0 Å². The van der Waals surface area contributed by atoms with E-state index in [1.807, 2.05) is 18.2 Å². The lowest BCUT2D eigenvalue weighted by Crippen LogP contribution is -2.36. The maximum atomic E-state index is 12.1. The van der Waals surface area contributed by atoms with Crippen molar-refractivity contribution in [2.24, 2.45) is 0 Å². The monoisotopic (exact) mass is 372 g/mol. The number of aromatic nitrogens is 3. The van der Waals surface area contributed by atoms with Gasteiger partial charge in [0.25, 0.3) is 0 Å². The number of hydrogen-bond acceptors (Lipinski definition) is 4. The van der Waals surface area contributed by atoms with Gasteiger partial charge in [-0.1, -0.05) is 61.4 Å². The third-order valence-electron chi connectivity index (χ3n) is 4.85. The van der Waals surface area contributed by atoms with E-state index in [-0.39, 0.29) is 5.91 Å². The summed E-state index contributed by atoms with van der Waals surface area (Å²) in [6, 6.07) is 10.7. The van der Waals surface area contributed by atoms with Gasteiger partial charge in [0.05, 0.1) is 0 Å². The molecular formula is C20H28N4OS. The van der Waals surface area contributed by atoms with Crippen molar-refractivity contribution in [3.63, 3.8) is 0 Å². The van der Waals surface area contributed by atoms with Gasteiger partial charge in [-0.3, -0.25) is 4.79 Å². The average Bonchev–Trinajstić information content (AvgIpc) is 3.05. The second kappa shape index (κ2) is 9.76. The van der Waals surface area contributed by atoms with Crippen LogP contribution in [-0.2, 0) is 17.8 Å². The summed E-state index contributed by atoms with van der Waals surface area (Å²) in [5.74, 6) is 1.88. The van der Waals surface area contributed by atoms with E-state index in [1.165, 1.54) is 24.8 Å². The Hall–Kier alpha value is -1.82. The predicted molar refractivity (Wildman–Crippen MR) is 105 cm³/mol. The molecule has 1 heterocycles. The molecule has 1 aliphatic carbocycles. The molecule has 0 bridgehead atoms. The summed E-state index contributed by atoms with van der Waals surface area (Å²) >= 11 is 1.62. The predicted octanol–water partition coefficient (Wildman–Crippen LogP) is 3.82. The third-order valence-corrected chi connectivity index (χ3v) is 5.81. The Morgan fingerprint density at radius 1 is 1.19 bits per heavy atom. The zero-order valence-corrected chi connectivity index (χ0v) is 16.3. The normalized spacial score (nSPS) is 15.1. The van der Waals surface area contributed by atoms with Gasteiger partial charge < -0.3 is 9.88 Å². The lowest BCUT2D eigenvalue weighted by atomic mass is 9.95. The Balaban J connectivity index is 1.49. The quantitative estimate of drug-likeness (QED) is 0.716. The maximum Gasteiger partial charge on any atom is 0.221 e. The summed E-state index contributed by atoms with van der Waals surface area (Å²) in [5.41, 5.74) is 1.23. The van der Waals surface area contributed by atoms with Gasteiger partial charge in [0.15, 0.2) is 5.16 Å². The number of rotatable bonds is 8. The van der Waals surface area contributed by atoms with Crippen molar-refractivity contribution < 1.29 is 4.79 Å². The minimum atomic E-state index is 0.163. The van der Waals surface area contributed by atoms with E-state index in [2.05, 4.69) is 39.1 Å². The van der Waals surface area contributed by atoms with Crippen LogP contribution in [0.15, 0.2) is 35.5 Å². The van der Waals surface area contributed by atoms with Crippen LogP contribution in [0.2, 0.25) is 0 Å². The summed E-state index contributed by atoms with van der Waals surface area (Å²) in [4.78, 5) is 12.1. The van der Waals surface area contributed by atoms with Crippen molar-refractivity contribution in [3.05, 3.63) is 41.7 Å². The summed E-state index contributed by atoms with van der Waals surface area (Å²) < 4.78 is 2.15. The van der Waals surface area contributed by atoms with Crippen molar-refractivity contribution in [2.45, 2.75) is 69.6 Å². The fraction of sp³-hybridized carbons (Fsp3) is 0.550. The molecule has 140 valence electrons. The first-order valence-electron chi connectivity index (χ1n) is 9.64. The molecule has 1 saturated carbocycles. The van der Waals surface area contributed by atoms with Crippen molar-refractivity contribution in [1.29, 1.82) is 0 Å². The van der Waals surface area contributed by atoms with Crippen molar-refractivity contribution in [3.8, 4) is 0 Å². The van der Waals surface area contributed by atoms with Gasteiger partial charge in [0, 0.05) is 31.2 Å². The first-order valence-corrected chi connectivity index (χ1v) is 10.6. The molecule has 1 amide bonds.